The summed E-state index contributed by atoms with van der Waals surface area (Å²) in [6, 6.07) is 17.0. The summed E-state index contributed by atoms with van der Waals surface area (Å²) in [5.41, 5.74) is 7.11. The molecule has 3 aromatic carbocycles. The van der Waals surface area contributed by atoms with E-state index >= 15 is 0 Å². The van der Waals surface area contributed by atoms with E-state index in [2.05, 4.69) is 10.6 Å². The fourth-order valence-electron chi connectivity index (χ4n) is 4.26. The van der Waals surface area contributed by atoms with E-state index in [0.29, 0.717) is 58.6 Å². The molecule has 0 saturated heterocycles. The van der Waals surface area contributed by atoms with Crippen LogP contribution in [0.5, 0.6) is 23.0 Å². The van der Waals surface area contributed by atoms with Gasteiger partial charge in [0.25, 0.3) is 0 Å². The van der Waals surface area contributed by atoms with Gasteiger partial charge in [-0.05, 0) is 0 Å². The second-order valence-electron chi connectivity index (χ2n) is 8.25. The molecule has 0 unspecified atom stereocenters. The number of nitrogens with one attached hydrogen (secondary N) is 2. The second-order valence-corrected chi connectivity index (χ2v) is 14.3. The van der Waals surface area contributed by atoms with Gasteiger partial charge in [0, 0.05) is 0 Å². The molecule has 10 heteroatoms. The second kappa shape index (κ2) is 7.33. The van der Waals surface area contributed by atoms with Crippen LogP contribution in [-0.4, -0.2) is 38.7 Å². The summed E-state index contributed by atoms with van der Waals surface area (Å²) in [6.45, 7) is 0.914. The average Bonchev–Trinajstić information content (AvgIpc) is 3.35. The number of benzene rings is 3. The Balaban J connectivity index is 1.58. The molecule has 3 bridgehead atoms. The van der Waals surface area contributed by atoms with E-state index in [0.717, 1.165) is 0 Å². The predicted octanol–water partition coefficient (Wildman–Crippen LogP) is 2.06. The molecule has 0 aromatic heterocycles. The van der Waals surface area contributed by atoms with Crippen molar-refractivity contribution in [3.05, 3.63) is 71.8 Å². The van der Waals surface area contributed by atoms with Gasteiger partial charge >= 0.3 is 197 Å². The molecule has 0 aliphatic carbocycles. The van der Waals surface area contributed by atoms with Crippen LogP contribution in [0.2, 0.25) is 0 Å². The first kappa shape index (κ1) is 20.7. The third-order valence-corrected chi connectivity index (χ3v) is 12.6. The van der Waals surface area contributed by atoms with Crippen molar-refractivity contribution in [3.8, 4) is 23.0 Å². The van der Waals surface area contributed by atoms with E-state index in [1.807, 2.05) is 0 Å². The molecule has 3 aliphatic heterocycles. The Morgan fingerprint density at radius 3 is 1.68 bits per heavy atom. The van der Waals surface area contributed by atoms with E-state index in [4.69, 9.17) is 20.6 Å². The van der Waals surface area contributed by atoms with Gasteiger partial charge in [0.15, 0.2) is 0 Å². The summed E-state index contributed by atoms with van der Waals surface area (Å²) in [7, 11) is 0. The van der Waals surface area contributed by atoms with Crippen LogP contribution in [0, 0.1) is 0 Å². The molecule has 6 rings (SSSR count). The zero-order chi connectivity index (χ0) is 23.4. The van der Waals surface area contributed by atoms with Gasteiger partial charge in [0.05, 0.1) is 0 Å². The number of anilines is 1. The zero-order valence-corrected chi connectivity index (χ0v) is 20.0. The maximum atomic E-state index is 13.0. The SMILES string of the molecule is Nc1ccc([As]234Oc5cccc(c5O2)C(=O)NCCCCNC(=O)c2cccc(c2O3)O4)cc1. The first-order valence-electron chi connectivity index (χ1n) is 11.0. The Bertz CT molecular complexity index is 1260. The summed E-state index contributed by atoms with van der Waals surface area (Å²) in [5.74, 6) is 0.581. The summed E-state index contributed by atoms with van der Waals surface area (Å²) in [5, 5.41) is 5.81. The number of nitrogen functional groups attached to an aromatic ring is 1. The molecule has 3 aliphatic rings. The Morgan fingerprint density at radius 1 is 0.676 bits per heavy atom. The summed E-state index contributed by atoms with van der Waals surface area (Å²) >= 11 is -5.37. The van der Waals surface area contributed by atoms with Crippen LogP contribution < -0.4 is 35.6 Å². The molecule has 0 radical (unpaired) electrons. The van der Waals surface area contributed by atoms with Gasteiger partial charge in [-0.3, -0.25) is 0 Å². The molecule has 9 nitrogen and oxygen atoms in total. The minimum atomic E-state index is -5.37. The van der Waals surface area contributed by atoms with Crippen molar-refractivity contribution in [2.24, 2.45) is 0 Å². The van der Waals surface area contributed by atoms with Gasteiger partial charge in [0.2, 0.25) is 0 Å². The molecule has 0 fully saturated rings. The fraction of sp³-hybridized carbons (Fsp3) is 0.167. The number of carbonyl (C=O) groups is 2. The number of hydrogen-bond acceptors (Lipinski definition) is 7. The average molecular weight is 523 g/mol. The maximum absolute atomic E-state index is 13.0. The number of hydrogen-bond donors (Lipinski definition) is 3. The van der Waals surface area contributed by atoms with Gasteiger partial charge in [0.1, 0.15) is 0 Å². The zero-order valence-electron chi connectivity index (χ0n) is 18.1. The number of carbonyl (C=O) groups excluding carboxylic acids is 2. The summed E-state index contributed by atoms with van der Waals surface area (Å²) in [6.07, 6.45) is 1.41. The molecule has 1 spiro atoms. The van der Waals surface area contributed by atoms with Crippen molar-refractivity contribution in [1.82, 2.24) is 10.6 Å². The predicted molar refractivity (Wildman–Crippen MR) is 126 cm³/mol. The monoisotopic (exact) mass is 523 g/mol. The number of para-hydroxylation sites is 2. The first-order valence-corrected chi connectivity index (χ1v) is 15.0. The van der Waals surface area contributed by atoms with Crippen molar-refractivity contribution in [2.75, 3.05) is 18.8 Å². The Hall–Kier alpha value is -3.84. The number of rotatable bonds is 1. The van der Waals surface area contributed by atoms with Crippen LogP contribution in [0.1, 0.15) is 33.6 Å². The van der Waals surface area contributed by atoms with Gasteiger partial charge in [-0.2, -0.15) is 0 Å². The molecule has 174 valence electrons. The van der Waals surface area contributed by atoms with Crippen molar-refractivity contribution < 1.29 is 24.5 Å². The van der Waals surface area contributed by atoms with Crippen LogP contribution in [0.25, 0.3) is 0 Å². The summed E-state index contributed by atoms with van der Waals surface area (Å²) in [4.78, 5) is 26.0. The van der Waals surface area contributed by atoms with Crippen LogP contribution in [0.4, 0.5) is 5.69 Å². The van der Waals surface area contributed by atoms with Gasteiger partial charge in [-0.15, -0.1) is 0 Å². The van der Waals surface area contributed by atoms with Crippen LogP contribution in [-0.2, 0) is 0 Å². The van der Waals surface area contributed by atoms with E-state index in [1.165, 1.54) is 0 Å². The molecule has 3 aromatic rings. The Labute approximate surface area is 197 Å². The van der Waals surface area contributed by atoms with Gasteiger partial charge in [-0.25, -0.2) is 0 Å². The molecule has 2 amide bonds. The number of amides is 2. The molecular weight excluding hydrogens is 501 g/mol. The normalized spacial score (nSPS) is 20.4. The topological polar surface area (TPSA) is 121 Å². The molecule has 0 saturated carbocycles. The molecule has 4 N–H and O–H groups in total. The Morgan fingerprint density at radius 2 is 1.18 bits per heavy atom. The van der Waals surface area contributed by atoms with Crippen molar-refractivity contribution in [3.63, 3.8) is 0 Å². The van der Waals surface area contributed by atoms with E-state index in [-0.39, 0.29) is 23.3 Å². The van der Waals surface area contributed by atoms with Crippen LogP contribution in [0.3, 0.4) is 0 Å². The standard InChI is InChI=1S/C24H22AsN3O6/c26-16-11-9-15(10-12-16)25-31-19-7-3-5-17(21(19)33-25)23(29)27-13-1-2-14-28-24(30)18-6-4-8-20(32-25)22(18)34-25/h3-12H,1-2,13-14,26H2,(H,27,29)(H,28,30). The quantitative estimate of drug-likeness (QED) is 0.330. The van der Waals surface area contributed by atoms with Crippen LogP contribution in [0.15, 0.2) is 60.7 Å². The fourth-order valence-corrected chi connectivity index (χ4v) is 11.1. The first-order chi connectivity index (χ1) is 16.5. The third-order valence-electron chi connectivity index (χ3n) is 5.95. The Kier molecular flexibility index (Phi) is 4.47. The van der Waals surface area contributed by atoms with E-state index in [1.54, 1.807) is 60.7 Å². The summed E-state index contributed by atoms with van der Waals surface area (Å²) < 4.78 is 26.6. The van der Waals surface area contributed by atoms with E-state index in [9.17, 15) is 9.59 Å². The minimum absolute atomic E-state index is 0.247. The van der Waals surface area contributed by atoms with Crippen LogP contribution >= 0.6 is 0 Å². The van der Waals surface area contributed by atoms with Crippen molar-refractivity contribution in [1.29, 1.82) is 0 Å². The van der Waals surface area contributed by atoms with Crippen molar-refractivity contribution >= 4 is 35.7 Å². The van der Waals surface area contributed by atoms with Gasteiger partial charge < -0.3 is 0 Å². The molecule has 3 heterocycles. The molecular formula is C24H22AsN3O6. The van der Waals surface area contributed by atoms with Gasteiger partial charge in [-0.1, -0.05) is 0 Å². The van der Waals surface area contributed by atoms with E-state index < -0.39 is 13.8 Å². The number of nitrogens with two attached hydrogens (primary N) is 1. The third kappa shape index (κ3) is 3.00. The van der Waals surface area contributed by atoms with Crippen molar-refractivity contribution in [2.45, 2.75) is 12.8 Å². The molecule has 34 heavy (non-hydrogen) atoms. The molecule has 0 atom stereocenters.